The summed E-state index contributed by atoms with van der Waals surface area (Å²) in [5, 5.41) is 7.55. The Morgan fingerprint density at radius 1 is 1.16 bits per heavy atom. The van der Waals surface area contributed by atoms with Gasteiger partial charge in [0.25, 0.3) is 0 Å². The van der Waals surface area contributed by atoms with E-state index in [2.05, 4.69) is 28.0 Å². The zero-order valence-electron chi connectivity index (χ0n) is 18.6. The number of fused-ring (bicyclic) bond motifs is 3. The molecule has 31 heavy (non-hydrogen) atoms. The molecule has 3 heterocycles. The molecular weight excluding hydrogens is 384 g/mol. The van der Waals surface area contributed by atoms with Crippen LogP contribution >= 0.6 is 0 Å². The summed E-state index contributed by atoms with van der Waals surface area (Å²) in [7, 11) is 0. The molecule has 3 aliphatic heterocycles. The van der Waals surface area contributed by atoms with Crippen molar-refractivity contribution in [3.05, 3.63) is 35.5 Å². The summed E-state index contributed by atoms with van der Waals surface area (Å²) >= 11 is 0. The summed E-state index contributed by atoms with van der Waals surface area (Å²) in [4.78, 5) is 18.0. The van der Waals surface area contributed by atoms with Crippen LogP contribution in [0.4, 0.5) is 5.69 Å². The molecule has 3 N–H and O–H groups in total. The first kappa shape index (κ1) is 20.6. The van der Waals surface area contributed by atoms with Crippen molar-refractivity contribution in [3.63, 3.8) is 0 Å². The molecule has 1 aromatic carbocycles. The van der Waals surface area contributed by atoms with Gasteiger partial charge >= 0.3 is 0 Å². The van der Waals surface area contributed by atoms with E-state index in [9.17, 15) is 4.79 Å². The van der Waals surface area contributed by atoms with Crippen LogP contribution in [0, 0.1) is 17.2 Å². The van der Waals surface area contributed by atoms with E-state index in [1.807, 2.05) is 0 Å². The van der Waals surface area contributed by atoms with E-state index in [1.54, 1.807) is 0 Å². The highest BCUT2D eigenvalue weighted by Gasteiger charge is 2.49. The van der Waals surface area contributed by atoms with Crippen LogP contribution in [0.15, 0.2) is 24.4 Å². The molecule has 4 aliphatic rings. The smallest absolute Gasteiger partial charge is 0.223 e. The molecule has 1 saturated carbocycles. The van der Waals surface area contributed by atoms with E-state index in [0.717, 1.165) is 37.1 Å². The van der Waals surface area contributed by atoms with Gasteiger partial charge in [0.1, 0.15) is 0 Å². The molecular formula is C26H36N4O. The molecule has 3 unspecified atom stereocenters. The fourth-order valence-corrected chi connectivity index (χ4v) is 6.79. The third-order valence-corrected chi connectivity index (χ3v) is 8.34. The van der Waals surface area contributed by atoms with Crippen LogP contribution in [0.2, 0.25) is 0 Å². The number of allylic oxidation sites excluding steroid dienone is 1. The number of rotatable bonds is 6. The standard InChI is InChI=1S/C26H36N4O/c27-15-22(16-28)19-6-8-24-20(13-19)10-11-29(24)17-21-14-23-7-9-25(21)30(23)26(31)12-18-4-2-1-3-5-18/h6,8,13,15-16,18,21,23,25,27H,1-5,7,9-12,14,17,28H2/b22-16+,27-15?. The predicted molar refractivity (Wildman–Crippen MR) is 126 cm³/mol. The lowest BCUT2D eigenvalue weighted by molar-refractivity contribution is -0.133. The van der Waals surface area contributed by atoms with Crippen molar-refractivity contribution >= 4 is 23.4 Å². The summed E-state index contributed by atoms with van der Waals surface area (Å²) in [6.45, 7) is 2.11. The van der Waals surface area contributed by atoms with E-state index in [-0.39, 0.29) is 0 Å². The number of carbonyl (C=O) groups excluding carboxylic acids is 1. The minimum Gasteiger partial charge on any atom is -0.404 e. The van der Waals surface area contributed by atoms with Crippen LogP contribution in [0.5, 0.6) is 0 Å². The van der Waals surface area contributed by atoms with Crippen molar-refractivity contribution in [3.8, 4) is 0 Å². The Morgan fingerprint density at radius 3 is 2.77 bits per heavy atom. The third kappa shape index (κ3) is 3.88. The Morgan fingerprint density at radius 2 is 2.00 bits per heavy atom. The number of nitrogens with zero attached hydrogens (tertiary/aromatic N) is 2. The van der Waals surface area contributed by atoms with E-state index < -0.39 is 0 Å². The number of nitrogens with one attached hydrogen (secondary N) is 1. The molecule has 3 atom stereocenters. The quantitative estimate of drug-likeness (QED) is 0.672. The van der Waals surface area contributed by atoms with Gasteiger partial charge in [-0.2, -0.15) is 0 Å². The second kappa shape index (κ2) is 8.68. The number of amides is 1. The summed E-state index contributed by atoms with van der Waals surface area (Å²) in [6, 6.07) is 7.42. The van der Waals surface area contributed by atoms with Gasteiger partial charge in [-0.1, -0.05) is 25.3 Å². The van der Waals surface area contributed by atoms with Crippen molar-refractivity contribution in [2.75, 3.05) is 18.0 Å². The highest BCUT2D eigenvalue weighted by molar-refractivity contribution is 6.08. The van der Waals surface area contributed by atoms with Gasteiger partial charge in [-0.3, -0.25) is 4.79 Å². The lowest BCUT2D eigenvalue weighted by atomic mass is 9.86. The van der Waals surface area contributed by atoms with Crippen LogP contribution in [0.25, 0.3) is 5.57 Å². The number of anilines is 1. The molecule has 166 valence electrons. The zero-order chi connectivity index (χ0) is 21.4. The fraction of sp³-hybridized carbons (Fsp3) is 0.615. The Hall–Kier alpha value is -2.30. The van der Waals surface area contributed by atoms with E-state index in [4.69, 9.17) is 11.1 Å². The number of hydrogen-bond donors (Lipinski definition) is 2. The number of carbonyl (C=O) groups is 1. The van der Waals surface area contributed by atoms with E-state index in [0.29, 0.717) is 29.8 Å². The first-order valence-corrected chi connectivity index (χ1v) is 12.3. The molecule has 1 aliphatic carbocycles. The number of nitrogens with two attached hydrogens (primary N) is 1. The molecule has 0 spiro atoms. The molecule has 1 aromatic rings. The van der Waals surface area contributed by atoms with Crippen molar-refractivity contribution in [2.45, 2.75) is 76.3 Å². The maximum absolute atomic E-state index is 13.2. The molecule has 2 saturated heterocycles. The molecule has 5 heteroatoms. The van der Waals surface area contributed by atoms with Gasteiger partial charge in [0.15, 0.2) is 0 Å². The first-order valence-electron chi connectivity index (χ1n) is 12.3. The highest BCUT2D eigenvalue weighted by atomic mass is 16.2. The molecule has 1 amide bonds. The SMILES string of the molecule is N=C/C(=C\N)c1ccc2c(c1)CCN2CC1CC2CCC1N2C(=O)CC1CCCCC1. The Labute approximate surface area is 186 Å². The maximum Gasteiger partial charge on any atom is 0.223 e. The van der Waals surface area contributed by atoms with Crippen LogP contribution in [-0.2, 0) is 11.2 Å². The number of hydrogen-bond acceptors (Lipinski definition) is 4. The fourth-order valence-electron chi connectivity index (χ4n) is 6.79. The molecule has 0 aromatic heterocycles. The second-order valence-corrected chi connectivity index (χ2v) is 10.1. The zero-order valence-corrected chi connectivity index (χ0v) is 18.6. The average Bonchev–Trinajstić information content (AvgIpc) is 3.48. The maximum atomic E-state index is 13.2. The van der Waals surface area contributed by atoms with Crippen molar-refractivity contribution in [1.82, 2.24) is 4.90 Å². The van der Waals surface area contributed by atoms with Gasteiger partial charge < -0.3 is 20.9 Å². The van der Waals surface area contributed by atoms with Crippen LogP contribution in [-0.4, -0.2) is 42.2 Å². The van der Waals surface area contributed by atoms with Gasteiger partial charge in [-0.05, 0) is 73.6 Å². The molecule has 2 bridgehead atoms. The van der Waals surface area contributed by atoms with Gasteiger partial charge in [0.05, 0.1) is 0 Å². The molecule has 5 nitrogen and oxygen atoms in total. The summed E-state index contributed by atoms with van der Waals surface area (Å²) in [5.74, 6) is 1.68. The molecule has 3 fully saturated rings. The first-order chi connectivity index (χ1) is 15.2. The lowest BCUT2D eigenvalue weighted by Crippen LogP contribution is -2.40. The second-order valence-electron chi connectivity index (χ2n) is 10.1. The Kier molecular flexibility index (Phi) is 5.77. The minimum absolute atomic E-state index is 0.445. The average molecular weight is 421 g/mol. The van der Waals surface area contributed by atoms with E-state index in [1.165, 1.54) is 75.0 Å². The Balaban J connectivity index is 1.24. The summed E-state index contributed by atoms with van der Waals surface area (Å²) < 4.78 is 0. The van der Waals surface area contributed by atoms with Crippen molar-refractivity contribution in [2.24, 2.45) is 17.6 Å². The van der Waals surface area contributed by atoms with Crippen molar-refractivity contribution in [1.29, 1.82) is 5.41 Å². The predicted octanol–water partition coefficient (Wildman–Crippen LogP) is 4.35. The summed E-state index contributed by atoms with van der Waals surface area (Å²) in [6.07, 6.45) is 14.7. The monoisotopic (exact) mass is 420 g/mol. The largest absolute Gasteiger partial charge is 0.404 e. The van der Waals surface area contributed by atoms with Crippen LogP contribution in [0.3, 0.4) is 0 Å². The van der Waals surface area contributed by atoms with E-state index >= 15 is 0 Å². The number of benzene rings is 1. The van der Waals surface area contributed by atoms with Crippen LogP contribution in [0.1, 0.15) is 68.9 Å². The van der Waals surface area contributed by atoms with Gasteiger partial charge in [0.2, 0.25) is 5.91 Å². The molecule has 0 radical (unpaired) electrons. The van der Waals surface area contributed by atoms with Gasteiger partial charge in [0, 0.05) is 55.3 Å². The van der Waals surface area contributed by atoms with Crippen LogP contribution < -0.4 is 10.6 Å². The van der Waals surface area contributed by atoms with Gasteiger partial charge in [-0.15, -0.1) is 0 Å². The summed E-state index contributed by atoms with van der Waals surface area (Å²) in [5.41, 5.74) is 10.1. The lowest BCUT2D eigenvalue weighted by Gasteiger charge is -2.30. The van der Waals surface area contributed by atoms with Crippen molar-refractivity contribution < 1.29 is 4.79 Å². The topological polar surface area (TPSA) is 73.4 Å². The van der Waals surface area contributed by atoms with Gasteiger partial charge in [-0.25, -0.2) is 0 Å². The minimum atomic E-state index is 0.445. The normalized spacial score (nSPS) is 28.3. The molecule has 5 rings (SSSR count). The highest BCUT2D eigenvalue weighted by Crippen LogP contribution is 2.44. The Bertz CT molecular complexity index is 872. The third-order valence-electron chi connectivity index (χ3n) is 8.34.